The van der Waals surface area contributed by atoms with Crippen molar-refractivity contribution in [3.63, 3.8) is 0 Å². The molecule has 1 rings (SSSR count). The highest BCUT2D eigenvalue weighted by Crippen LogP contribution is 2.14. The number of aliphatic hydroxyl groups excluding tert-OH is 1. The lowest BCUT2D eigenvalue weighted by Gasteiger charge is -2.25. The van der Waals surface area contributed by atoms with E-state index in [9.17, 15) is 4.79 Å². The third-order valence-corrected chi connectivity index (χ3v) is 3.07. The minimum Gasteiger partial charge on any atom is -0.494 e. The zero-order valence-corrected chi connectivity index (χ0v) is 12.6. The SMILES string of the molecule is CCCCOc1ccc(C(=O)NC(C)(C)CCO)cc1. The number of hydrogen-bond donors (Lipinski definition) is 2. The molecule has 20 heavy (non-hydrogen) atoms. The number of amides is 1. The van der Waals surface area contributed by atoms with Gasteiger partial charge in [-0.25, -0.2) is 0 Å². The molecule has 0 radical (unpaired) electrons. The van der Waals surface area contributed by atoms with E-state index in [1.165, 1.54) is 0 Å². The van der Waals surface area contributed by atoms with Gasteiger partial charge >= 0.3 is 0 Å². The first-order valence-corrected chi connectivity index (χ1v) is 7.15. The quantitative estimate of drug-likeness (QED) is 0.719. The Bertz CT molecular complexity index is 412. The lowest BCUT2D eigenvalue weighted by molar-refractivity contribution is 0.0899. The van der Waals surface area contributed by atoms with Crippen molar-refractivity contribution in [1.82, 2.24) is 5.32 Å². The van der Waals surface area contributed by atoms with Crippen LogP contribution in [0.3, 0.4) is 0 Å². The Morgan fingerprint density at radius 2 is 1.95 bits per heavy atom. The number of rotatable bonds is 8. The molecular weight excluding hydrogens is 254 g/mol. The van der Waals surface area contributed by atoms with Gasteiger partial charge in [0, 0.05) is 17.7 Å². The van der Waals surface area contributed by atoms with Crippen molar-refractivity contribution in [2.24, 2.45) is 0 Å². The van der Waals surface area contributed by atoms with Crippen molar-refractivity contribution in [3.05, 3.63) is 29.8 Å². The van der Waals surface area contributed by atoms with Crippen LogP contribution >= 0.6 is 0 Å². The number of unbranched alkanes of at least 4 members (excludes halogenated alkanes) is 1. The Kier molecular flexibility index (Phi) is 6.52. The van der Waals surface area contributed by atoms with Gasteiger partial charge in [0.05, 0.1) is 6.61 Å². The molecule has 0 heterocycles. The molecule has 0 atom stereocenters. The molecule has 4 heteroatoms. The maximum atomic E-state index is 12.1. The van der Waals surface area contributed by atoms with Crippen LogP contribution in [0.5, 0.6) is 5.75 Å². The number of ether oxygens (including phenoxy) is 1. The molecule has 0 saturated heterocycles. The average molecular weight is 279 g/mol. The molecule has 0 spiro atoms. The Balaban J connectivity index is 2.57. The summed E-state index contributed by atoms with van der Waals surface area (Å²) >= 11 is 0. The molecule has 0 aliphatic rings. The molecule has 0 aromatic heterocycles. The molecule has 4 nitrogen and oxygen atoms in total. The van der Waals surface area contributed by atoms with Crippen molar-refractivity contribution >= 4 is 5.91 Å². The van der Waals surface area contributed by atoms with E-state index in [1.54, 1.807) is 12.1 Å². The van der Waals surface area contributed by atoms with Gasteiger partial charge in [0.25, 0.3) is 5.91 Å². The summed E-state index contributed by atoms with van der Waals surface area (Å²) < 4.78 is 5.56. The molecule has 1 aromatic rings. The van der Waals surface area contributed by atoms with Crippen LogP contribution in [0, 0.1) is 0 Å². The Labute approximate surface area is 121 Å². The molecule has 1 amide bonds. The second kappa shape index (κ2) is 7.90. The molecule has 0 aliphatic heterocycles. The molecule has 0 fully saturated rings. The molecule has 0 saturated carbocycles. The number of carbonyl (C=O) groups excluding carboxylic acids is 1. The van der Waals surface area contributed by atoms with E-state index < -0.39 is 5.54 Å². The normalized spacial score (nSPS) is 11.2. The second-order valence-electron chi connectivity index (χ2n) is 5.54. The monoisotopic (exact) mass is 279 g/mol. The molecule has 2 N–H and O–H groups in total. The topological polar surface area (TPSA) is 58.6 Å². The van der Waals surface area contributed by atoms with E-state index in [-0.39, 0.29) is 12.5 Å². The van der Waals surface area contributed by atoms with Crippen LogP contribution in [-0.2, 0) is 0 Å². The minimum atomic E-state index is -0.415. The van der Waals surface area contributed by atoms with Gasteiger partial charge in [0.2, 0.25) is 0 Å². The predicted octanol–water partition coefficient (Wildman–Crippen LogP) is 2.76. The summed E-state index contributed by atoms with van der Waals surface area (Å²) in [6, 6.07) is 7.13. The molecule has 1 aromatic carbocycles. The second-order valence-corrected chi connectivity index (χ2v) is 5.54. The smallest absolute Gasteiger partial charge is 0.251 e. The molecule has 0 bridgehead atoms. The van der Waals surface area contributed by atoms with Gasteiger partial charge < -0.3 is 15.2 Å². The van der Waals surface area contributed by atoms with E-state index in [0.717, 1.165) is 18.6 Å². The predicted molar refractivity (Wildman–Crippen MR) is 80.1 cm³/mol. The fourth-order valence-corrected chi connectivity index (χ4v) is 1.76. The Hall–Kier alpha value is -1.55. The lowest BCUT2D eigenvalue weighted by atomic mass is 10.0. The summed E-state index contributed by atoms with van der Waals surface area (Å²) in [6.07, 6.45) is 2.65. The van der Waals surface area contributed by atoms with Crippen LogP contribution < -0.4 is 10.1 Å². The van der Waals surface area contributed by atoms with Crippen LogP contribution in [0.2, 0.25) is 0 Å². The van der Waals surface area contributed by atoms with Crippen LogP contribution in [0.15, 0.2) is 24.3 Å². The first-order chi connectivity index (χ1) is 9.48. The highest BCUT2D eigenvalue weighted by Gasteiger charge is 2.20. The van der Waals surface area contributed by atoms with E-state index in [4.69, 9.17) is 9.84 Å². The van der Waals surface area contributed by atoms with Gasteiger partial charge in [-0.2, -0.15) is 0 Å². The largest absolute Gasteiger partial charge is 0.494 e. The summed E-state index contributed by atoms with van der Waals surface area (Å²) in [5, 5.41) is 11.9. The van der Waals surface area contributed by atoms with E-state index in [0.29, 0.717) is 18.6 Å². The maximum Gasteiger partial charge on any atom is 0.251 e. The van der Waals surface area contributed by atoms with Gasteiger partial charge in [-0.3, -0.25) is 4.79 Å². The van der Waals surface area contributed by atoms with Crippen LogP contribution in [0.25, 0.3) is 0 Å². The van der Waals surface area contributed by atoms with E-state index >= 15 is 0 Å². The van der Waals surface area contributed by atoms with Crippen molar-refractivity contribution < 1.29 is 14.6 Å². The van der Waals surface area contributed by atoms with Gasteiger partial charge in [-0.1, -0.05) is 13.3 Å². The first-order valence-electron chi connectivity index (χ1n) is 7.15. The highest BCUT2D eigenvalue weighted by molar-refractivity contribution is 5.94. The molecular formula is C16H25NO3. The fraction of sp³-hybridized carbons (Fsp3) is 0.562. The molecule has 0 unspecified atom stereocenters. The van der Waals surface area contributed by atoms with Crippen LogP contribution in [0.1, 0.15) is 50.4 Å². The number of nitrogens with one attached hydrogen (secondary N) is 1. The maximum absolute atomic E-state index is 12.1. The summed E-state index contributed by atoms with van der Waals surface area (Å²) in [5.41, 5.74) is 0.182. The summed E-state index contributed by atoms with van der Waals surface area (Å²) in [7, 11) is 0. The standard InChI is InChI=1S/C16H25NO3/c1-4-5-12-20-14-8-6-13(7-9-14)15(19)17-16(2,3)10-11-18/h6-9,18H,4-5,10-12H2,1-3H3,(H,17,19). The van der Waals surface area contributed by atoms with E-state index in [2.05, 4.69) is 12.2 Å². The summed E-state index contributed by atoms with van der Waals surface area (Å²) in [4.78, 5) is 12.1. The van der Waals surface area contributed by atoms with Gasteiger partial charge in [0.1, 0.15) is 5.75 Å². The number of aliphatic hydroxyl groups is 1. The van der Waals surface area contributed by atoms with Gasteiger partial charge in [0.15, 0.2) is 0 Å². The fourth-order valence-electron chi connectivity index (χ4n) is 1.76. The highest BCUT2D eigenvalue weighted by atomic mass is 16.5. The minimum absolute atomic E-state index is 0.0531. The Morgan fingerprint density at radius 1 is 1.30 bits per heavy atom. The third kappa shape index (κ3) is 5.61. The first kappa shape index (κ1) is 16.5. The van der Waals surface area contributed by atoms with Gasteiger partial charge in [-0.05, 0) is 51.0 Å². The zero-order valence-electron chi connectivity index (χ0n) is 12.6. The molecule has 0 aliphatic carbocycles. The lowest BCUT2D eigenvalue weighted by Crippen LogP contribution is -2.44. The van der Waals surface area contributed by atoms with E-state index in [1.807, 2.05) is 26.0 Å². The number of carbonyl (C=O) groups is 1. The summed E-state index contributed by atoms with van der Waals surface area (Å²) in [6.45, 7) is 6.65. The number of benzene rings is 1. The summed E-state index contributed by atoms with van der Waals surface area (Å²) in [5.74, 6) is 0.646. The molecule has 112 valence electrons. The van der Waals surface area contributed by atoms with Crippen molar-refractivity contribution in [1.29, 1.82) is 0 Å². The zero-order chi connectivity index (χ0) is 15.0. The van der Waals surface area contributed by atoms with Crippen molar-refractivity contribution in [2.75, 3.05) is 13.2 Å². The Morgan fingerprint density at radius 3 is 2.50 bits per heavy atom. The van der Waals surface area contributed by atoms with Crippen molar-refractivity contribution in [2.45, 2.75) is 45.6 Å². The number of hydrogen-bond acceptors (Lipinski definition) is 3. The third-order valence-electron chi connectivity index (χ3n) is 3.07. The van der Waals surface area contributed by atoms with Gasteiger partial charge in [-0.15, -0.1) is 0 Å². The van der Waals surface area contributed by atoms with Crippen molar-refractivity contribution in [3.8, 4) is 5.75 Å². The van der Waals surface area contributed by atoms with Crippen LogP contribution in [-0.4, -0.2) is 29.8 Å². The average Bonchev–Trinajstić information content (AvgIpc) is 2.39. The van der Waals surface area contributed by atoms with Crippen LogP contribution in [0.4, 0.5) is 0 Å².